The Labute approximate surface area is 238 Å². The molecule has 6 aromatic rings. The molecule has 1 heterocycles. The van der Waals surface area contributed by atoms with Crippen LogP contribution in [0.15, 0.2) is 103 Å². The summed E-state index contributed by atoms with van der Waals surface area (Å²) in [7, 11) is 0. The quantitative estimate of drug-likeness (QED) is 0.126. The molecule has 0 atom stereocenters. The fraction of sp³-hybridized carbons (Fsp3) is 0.171. The number of hydrogen-bond acceptors (Lipinski definition) is 4. The number of H-pyrrole nitrogens is 1. The highest BCUT2D eigenvalue weighted by Crippen LogP contribution is 2.33. The van der Waals surface area contributed by atoms with Gasteiger partial charge in [-0.1, -0.05) is 91.0 Å². The fourth-order valence-electron chi connectivity index (χ4n) is 5.46. The van der Waals surface area contributed by atoms with E-state index >= 15 is 0 Å². The average Bonchev–Trinajstić information content (AvgIpc) is 3.34. The third-order valence-corrected chi connectivity index (χ3v) is 7.35. The van der Waals surface area contributed by atoms with Gasteiger partial charge in [0.25, 0.3) is 0 Å². The maximum Gasteiger partial charge on any atom is 0.512 e. The molecule has 0 amide bonds. The second kappa shape index (κ2) is 12.0. The van der Waals surface area contributed by atoms with Crippen LogP contribution in [0.5, 0.6) is 17.4 Å². The number of para-hydroxylation sites is 1. The van der Waals surface area contributed by atoms with Crippen LogP contribution in [0.4, 0.5) is 4.79 Å². The Morgan fingerprint density at radius 1 is 0.634 bits per heavy atom. The van der Waals surface area contributed by atoms with Gasteiger partial charge in [0, 0.05) is 21.7 Å². The lowest BCUT2D eigenvalue weighted by molar-refractivity contribution is 0.142. The summed E-state index contributed by atoms with van der Waals surface area (Å²) in [6.45, 7) is 1.07. The summed E-state index contributed by atoms with van der Waals surface area (Å²) in [5.41, 5.74) is 2.84. The van der Waals surface area contributed by atoms with Gasteiger partial charge in [-0.15, -0.1) is 0 Å². The summed E-state index contributed by atoms with van der Waals surface area (Å²) in [6.07, 6.45) is 1.56. The fourth-order valence-corrected chi connectivity index (χ4v) is 5.46. The van der Waals surface area contributed by atoms with Crippen molar-refractivity contribution < 1.29 is 24.1 Å². The van der Waals surface area contributed by atoms with Crippen LogP contribution in [-0.2, 0) is 12.8 Å². The number of aromatic nitrogens is 1. The van der Waals surface area contributed by atoms with Crippen LogP contribution in [0.3, 0.4) is 0 Å². The molecule has 0 spiro atoms. The highest BCUT2D eigenvalue weighted by molar-refractivity contribution is 5.90. The first kappa shape index (κ1) is 26.3. The Morgan fingerprint density at radius 2 is 1.17 bits per heavy atom. The summed E-state index contributed by atoms with van der Waals surface area (Å²) in [5.74, 6) is 2.00. The number of carbonyl (C=O) groups is 1. The van der Waals surface area contributed by atoms with E-state index in [0.29, 0.717) is 26.1 Å². The van der Waals surface area contributed by atoms with E-state index in [1.54, 1.807) is 0 Å². The van der Waals surface area contributed by atoms with Gasteiger partial charge in [0.2, 0.25) is 5.88 Å². The molecular weight excluding hydrogens is 514 g/mol. The molecule has 0 bridgehead atoms. The van der Waals surface area contributed by atoms with E-state index in [1.165, 1.54) is 0 Å². The second-order valence-corrected chi connectivity index (χ2v) is 10.00. The van der Waals surface area contributed by atoms with Gasteiger partial charge in [-0.25, -0.2) is 4.79 Å². The van der Waals surface area contributed by atoms with Gasteiger partial charge < -0.3 is 24.3 Å². The molecule has 0 fully saturated rings. The SMILES string of the molecule is O=C(O)Oc1[nH]c2c(CCCOc3cccc4ccccc34)cccc2c1CCCOc1cccc2ccccc12. The molecule has 0 aliphatic heterocycles. The maximum atomic E-state index is 11.5. The third kappa shape index (κ3) is 5.82. The topological polar surface area (TPSA) is 80.8 Å². The Morgan fingerprint density at radius 3 is 1.80 bits per heavy atom. The standard InChI is InChI=1S/C35H31NO5/c37-35(38)41-34-30(19-9-23-40-32-21-7-13-25-11-2-4-17-28(25)32)29-18-5-14-26(33(29)36-34)15-8-22-39-31-20-6-12-24-10-1-3-16-27(24)31/h1-7,10-14,16-18,20-21,36H,8-9,15,19,22-23H2,(H,37,38). The highest BCUT2D eigenvalue weighted by atomic mass is 16.7. The van der Waals surface area contributed by atoms with Gasteiger partial charge in [0.1, 0.15) is 11.5 Å². The largest absolute Gasteiger partial charge is 0.512 e. The number of hydrogen-bond donors (Lipinski definition) is 2. The lowest BCUT2D eigenvalue weighted by Gasteiger charge is -2.10. The molecule has 0 saturated carbocycles. The molecule has 0 aliphatic carbocycles. The molecule has 0 aliphatic rings. The number of rotatable bonds is 11. The van der Waals surface area contributed by atoms with Crippen molar-refractivity contribution in [1.29, 1.82) is 0 Å². The van der Waals surface area contributed by atoms with E-state index in [1.807, 2.05) is 60.7 Å². The van der Waals surface area contributed by atoms with Crippen LogP contribution in [0.1, 0.15) is 24.0 Å². The van der Waals surface area contributed by atoms with Crippen LogP contribution in [0.25, 0.3) is 32.4 Å². The number of fused-ring (bicyclic) bond motifs is 3. The molecular formula is C35H31NO5. The lowest BCUT2D eigenvalue weighted by atomic mass is 10.0. The van der Waals surface area contributed by atoms with Crippen molar-refractivity contribution in [2.45, 2.75) is 25.7 Å². The van der Waals surface area contributed by atoms with Crippen LogP contribution in [0, 0.1) is 0 Å². The first-order valence-corrected chi connectivity index (χ1v) is 13.9. The zero-order valence-electron chi connectivity index (χ0n) is 22.6. The average molecular weight is 546 g/mol. The van der Waals surface area contributed by atoms with E-state index in [0.717, 1.165) is 67.9 Å². The first-order valence-electron chi connectivity index (χ1n) is 13.9. The van der Waals surface area contributed by atoms with Crippen molar-refractivity contribution in [2.75, 3.05) is 13.2 Å². The van der Waals surface area contributed by atoms with Crippen molar-refractivity contribution in [2.24, 2.45) is 0 Å². The Kier molecular flexibility index (Phi) is 7.72. The number of aromatic amines is 1. The van der Waals surface area contributed by atoms with Crippen LogP contribution < -0.4 is 14.2 Å². The Hall–Kier alpha value is -4.97. The van der Waals surface area contributed by atoms with Crippen LogP contribution >= 0.6 is 0 Å². The summed E-state index contributed by atoms with van der Waals surface area (Å²) in [4.78, 5) is 14.7. The van der Waals surface area contributed by atoms with E-state index in [-0.39, 0.29) is 5.88 Å². The molecule has 0 radical (unpaired) electrons. The number of aryl methyl sites for hydroxylation is 2. The van der Waals surface area contributed by atoms with E-state index in [4.69, 9.17) is 14.2 Å². The van der Waals surface area contributed by atoms with Crippen LogP contribution in [0.2, 0.25) is 0 Å². The summed E-state index contributed by atoms with van der Waals surface area (Å²) < 4.78 is 17.4. The molecule has 6 heteroatoms. The van der Waals surface area contributed by atoms with E-state index in [2.05, 4.69) is 47.4 Å². The van der Waals surface area contributed by atoms with Gasteiger partial charge in [-0.2, -0.15) is 0 Å². The third-order valence-electron chi connectivity index (χ3n) is 7.35. The maximum absolute atomic E-state index is 11.5. The molecule has 1 aromatic heterocycles. The van der Waals surface area contributed by atoms with Gasteiger partial charge >= 0.3 is 6.16 Å². The van der Waals surface area contributed by atoms with Crippen molar-refractivity contribution >= 4 is 38.6 Å². The number of ether oxygens (including phenoxy) is 3. The van der Waals surface area contributed by atoms with E-state index in [9.17, 15) is 9.90 Å². The lowest BCUT2D eigenvalue weighted by Crippen LogP contribution is -2.06. The monoisotopic (exact) mass is 545 g/mol. The molecule has 206 valence electrons. The van der Waals surface area contributed by atoms with Crippen molar-refractivity contribution in [3.05, 3.63) is 114 Å². The van der Waals surface area contributed by atoms with Gasteiger partial charge in [-0.05, 0) is 54.2 Å². The molecule has 5 aromatic carbocycles. The molecule has 6 rings (SSSR count). The van der Waals surface area contributed by atoms with Crippen molar-refractivity contribution in [3.63, 3.8) is 0 Å². The molecule has 0 saturated heterocycles. The Balaban J connectivity index is 1.13. The predicted octanol–water partition coefficient (Wildman–Crippen LogP) is 8.55. The minimum atomic E-state index is -1.34. The van der Waals surface area contributed by atoms with Gasteiger partial charge in [0.15, 0.2) is 0 Å². The second-order valence-electron chi connectivity index (χ2n) is 10.00. The normalized spacial score (nSPS) is 11.2. The minimum absolute atomic E-state index is 0.275. The van der Waals surface area contributed by atoms with Crippen molar-refractivity contribution in [3.8, 4) is 17.4 Å². The summed E-state index contributed by atoms with van der Waals surface area (Å²) >= 11 is 0. The Bertz CT molecular complexity index is 1810. The predicted molar refractivity (Wildman–Crippen MR) is 162 cm³/mol. The zero-order valence-corrected chi connectivity index (χ0v) is 22.6. The minimum Gasteiger partial charge on any atom is -0.493 e. The summed E-state index contributed by atoms with van der Waals surface area (Å²) in [6, 6.07) is 34.5. The first-order chi connectivity index (χ1) is 20.2. The molecule has 0 unspecified atom stereocenters. The smallest absolute Gasteiger partial charge is 0.493 e. The van der Waals surface area contributed by atoms with Gasteiger partial charge in [-0.3, -0.25) is 0 Å². The highest BCUT2D eigenvalue weighted by Gasteiger charge is 2.17. The number of nitrogens with one attached hydrogen (secondary N) is 1. The molecule has 6 nitrogen and oxygen atoms in total. The number of benzene rings is 5. The summed E-state index contributed by atoms with van der Waals surface area (Å²) in [5, 5.41) is 14.8. The molecule has 41 heavy (non-hydrogen) atoms. The van der Waals surface area contributed by atoms with Crippen molar-refractivity contribution in [1.82, 2.24) is 4.98 Å². The van der Waals surface area contributed by atoms with Gasteiger partial charge in [0.05, 0.1) is 18.7 Å². The molecule has 2 N–H and O–H groups in total. The zero-order chi connectivity index (χ0) is 28.0. The number of carboxylic acid groups (broad SMARTS) is 1. The van der Waals surface area contributed by atoms with Crippen LogP contribution in [-0.4, -0.2) is 29.5 Å². The van der Waals surface area contributed by atoms with E-state index < -0.39 is 6.16 Å².